The molecule has 0 spiro atoms. The van der Waals surface area contributed by atoms with Gasteiger partial charge in [-0.15, -0.1) is 0 Å². The van der Waals surface area contributed by atoms with Crippen LogP contribution in [-0.4, -0.2) is 31.7 Å². The Labute approximate surface area is 142 Å². The lowest BCUT2D eigenvalue weighted by atomic mass is 9.95. The molecular formula is C17H25ClN2O3. The van der Waals surface area contributed by atoms with Crippen LogP contribution in [0.2, 0.25) is 5.02 Å². The summed E-state index contributed by atoms with van der Waals surface area (Å²) in [5.41, 5.74) is 5.91. The van der Waals surface area contributed by atoms with Gasteiger partial charge < -0.3 is 20.5 Å². The number of hydrogen-bond acceptors (Lipinski definition) is 4. The van der Waals surface area contributed by atoms with E-state index in [2.05, 4.69) is 5.32 Å². The zero-order chi connectivity index (χ0) is 17.0. The molecule has 0 aromatic heterocycles. The van der Waals surface area contributed by atoms with E-state index in [-0.39, 0.29) is 11.4 Å². The summed E-state index contributed by atoms with van der Waals surface area (Å²) in [6.45, 7) is 4.94. The van der Waals surface area contributed by atoms with Crippen LogP contribution in [0.4, 0.5) is 0 Å². The van der Waals surface area contributed by atoms with E-state index in [1.807, 2.05) is 13.8 Å². The summed E-state index contributed by atoms with van der Waals surface area (Å²) in [5.74, 6) is 1.17. The van der Waals surface area contributed by atoms with Crippen LogP contribution in [0.15, 0.2) is 12.1 Å². The highest BCUT2D eigenvalue weighted by atomic mass is 35.5. The molecule has 128 valence electrons. The van der Waals surface area contributed by atoms with Crippen LogP contribution >= 0.6 is 11.6 Å². The SMILES string of the molecule is CCCOc1c(Cl)cc(C(=O)NC(C)(CN)C2CC2)cc1OC. The van der Waals surface area contributed by atoms with Gasteiger partial charge in [0.05, 0.1) is 24.3 Å². The van der Waals surface area contributed by atoms with Crippen molar-refractivity contribution in [2.75, 3.05) is 20.3 Å². The molecule has 0 radical (unpaired) electrons. The topological polar surface area (TPSA) is 73.6 Å². The molecule has 1 aromatic rings. The number of carbonyl (C=O) groups excluding carboxylic acids is 1. The van der Waals surface area contributed by atoms with Crippen LogP contribution in [0.3, 0.4) is 0 Å². The molecule has 5 nitrogen and oxygen atoms in total. The average molecular weight is 341 g/mol. The van der Waals surface area contributed by atoms with Crippen LogP contribution in [0, 0.1) is 5.92 Å². The Morgan fingerprint density at radius 1 is 1.48 bits per heavy atom. The molecule has 23 heavy (non-hydrogen) atoms. The highest BCUT2D eigenvalue weighted by molar-refractivity contribution is 6.32. The fourth-order valence-corrected chi connectivity index (χ4v) is 2.83. The maximum atomic E-state index is 12.6. The summed E-state index contributed by atoms with van der Waals surface area (Å²) >= 11 is 6.26. The van der Waals surface area contributed by atoms with Crippen molar-refractivity contribution in [3.8, 4) is 11.5 Å². The van der Waals surface area contributed by atoms with Crippen molar-refractivity contribution in [3.63, 3.8) is 0 Å². The van der Waals surface area contributed by atoms with Crippen molar-refractivity contribution in [1.29, 1.82) is 0 Å². The van der Waals surface area contributed by atoms with Crippen LogP contribution < -0.4 is 20.5 Å². The van der Waals surface area contributed by atoms with E-state index in [1.54, 1.807) is 12.1 Å². The van der Waals surface area contributed by atoms with E-state index >= 15 is 0 Å². The number of rotatable bonds is 8. The Balaban J connectivity index is 2.21. The van der Waals surface area contributed by atoms with E-state index < -0.39 is 0 Å². The first-order chi connectivity index (χ1) is 10.9. The monoisotopic (exact) mass is 340 g/mol. The Morgan fingerprint density at radius 3 is 2.70 bits per heavy atom. The number of nitrogens with one attached hydrogen (secondary N) is 1. The van der Waals surface area contributed by atoms with Crippen LogP contribution in [-0.2, 0) is 0 Å². The van der Waals surface area contributed by atoms with Gasteiger partial charge in [-0.25, -0.2) is 0 Å². The van der Waals surface area contributed by atoms with Crippen LogP contribution in [0.25, 0.3) is 0 Å². The summed E-state index contributed by atoms with van der Waals surface area (Å²) in [5, 5.41) is 3.41. The molecule has 2 rings (SSSR count). The van der Waals surface area contributed by atoms with Crippen molar-refractivity contribution in [2.24, 2.45) is 11.7 Å². The van der Waals surface area contributed by atoms with E-state index in [1.165, 1.54) is 7.11 Å². The number of ether oxygens (including phenoxy) is 2. The lowest BCUT2D eigenvalue weighted by molar-refractivity contribution is 0.0897. The van der Waals surface area contributed by atoms with Gasteiger partial charge in [0.15, 0.2) is 11.5 Å². The van der Waals surface area contributed by atoms with Crippen molar-refractivity contribution in [3.05, 3.63) is 22.7 Å². The zero-order valence-corrected chi connectivity index (χ0v) is 14.7. The second-order valence-electron chi connectivity index (χ2n) is 6.19. The lowest BCUT2D eigenvalue weighted by Gasteiger charge is -2.29. The number of carbonyl (C=O) groups is 1. The first-order valence-corrected chi connectivity index (χ1v) is 8.36. The fraction of sp³-hybridized carbons (Fsp3) is 0.588. The molecule has 1 atom stereocenters. The van der Waals surface area contributed by atoms with Gasteiger partial charge in [0.1, 0.15) is 0 Å². The normalized spacial score (nSPS) is 16.6. The highest BCUT2D eigenvalue weighted by Crippen LogP contribution is 2.40. The van der Waals surface area contributed by atoms with Gasteiger partial charge in [-0.2, -0.15) is 0 Å². The molecule has 1 fully saturated rings. The van der Waals surface area contributed by atoms with Crippen molar-refractivity contribution in [1.82, 2.24) is 5.32 Å². The predicted octanol–water partition coefficient (Wildman–Crippen LogP) is 2.99. The number of hydrogen-bond donors (Lipinski definition) is 2. The first-order valence-electron chi connectivity index (χ1n) is 7.98. The number of amides is 1. The first kappa shape index (κ1) is 17.9. The lowest BCUT2D eigenvalue weighted by Crippen LogP contribution is -2.53. The molecule has 1 aromatic carbocycles. The Bertz CT molecular complexity index is 575. The minimum absolute atomic E-state index is 0.202. The largest absolute Gasteiger partial charge is 0.493 e. The van der Waals surface area contributed by atoms with Gasteiger partial charge in [0, 0.05) is 12.1 Å². The van der Waals surface area contributed by atoms with Gasteiger partial charge in [-0.3, -0.25) is 4.79 Å². The summed E-state index contributed by atoms with van der Waals surface area (Å²) in [6.07, 6.45) is 3.06. The quantitative estimate of drug-likeness (QED) is 0.763. The van der Waals surface area contributed by atoms with Crippen molar-refractivity contribution >= 4 is 17.5 Å². The predicted molar refractivity (Wildman–Crippen MR) is 91.4 cm³/mol. The summed E-state index contributed by atoms with van der Waals surface area (Å²) in [6, 6.07) is 3.25. The van der Waals surface area contributed by atoms with Crippen LogP contribution in [0.1, 0.15) is 43.5 Å². The number of halogens is 1. The van der Waals surface area contributed by atoms with Gasteiger partial charge in [0.25, 0.3) is 5.91 Å². The molecule has 1 aliphatic rings. The minimum Gasteiger partial charge on any atom is -0.493 e. The summed E-state index contributed by atoms with van der Waals surface area (Å²) < 4.78 is 10.9. The average Bonchev–Trinajstić information content (AvgIpc) is 3.38. The molecule has 3 N–H and O–H groups in total. The van der Waals surface area contributed by atoms with E-state index in [0.717, 1.165) is 19.3 Å². The zero-order valence-electron chi connectivity index (χ0n) is 13.9. The molecule has 1 unspecified atom stereocenters. The van der Waals surface area contributed by atoms with Gasteiger partial charge >= 0.3 is 0 Å². The van der Waals surface area contributed by atoms with Crippen LogP contribution in [0.5, 0.6) is 11.5 Å². The van der Waals surface area contributed by atoms with Crippen molar-refractivity contribution in [2.45, 2.75) is 38.6 Å². The summed E-state index contributed by atoms with van der Waals surface area (Å²) in [4.78, 5) is 12.6. The molecule has 0 heterocycles. The van der Waals surface area contributed by atoms with E-state index in [9.17, 15) is 4.79 Å². The van der Waals surface area contributed by atoms with Gasteiger partial charge in [-0.05, 0) is 44.2 Å². The highest BCUT2D eigenvalue weighted by Gasteiger charge is 2.41. The maximum Gasteiger partial charge on any atom is 0.251 e. The van der Waals surface area contributed by atoms with Gasteiger partial charge in [0.2, 0.25) is 0 Å². The minimum atomic E-state index is -0.381. The molecule has 6 heteroatoms. The van der Waals surface area contributed by atoms with E-state index in [0.29, 0.717) is 41.2 Å². The van der Waals surface area contributed by atoms with Gasteiger partial charge in [-0.1, -0.05) is 18.5 Å². The second kappa shape index (κ2) is 7.41. The Hall–Kier alpha value is -1.46. The van der Waals surface area contributed by atoms with Crippen molar-refractivity contribution < 1.29 is 14.3 Å². The molecule has 0 bridgehead atoms. The molecular weight excluding hydrogens is 316 g/mol. The number of benzene rings is 1. The molecule has 1 aliphatic carbocycles. The smallest absolute Gasteiger partial charge is 0.251 e. The number of methoxy groups -OCH3 is 1. The molecule has 1 saturated carbocycles. The molecule has 1 amide bonds. The fourth-order valence-electron chi connectivity index (χ4n) is 2.57. The third-order valence-electron chi connectivity index (χ3n) is 4.24. The maximum absolute atomic E-state index is 12.6. The third-order valence-corrected chi connectivity index (χ3v) is 4.52. The second-order valence-corrected chi connectivity index (χ2v) is 6.60. The molecule has 0 aliphatic heterocycles. The third kappa shape index (κ3) is 4.09. The standard InChI is InChI=1S/C17H25ClN2O3/c1-4-7-23-15-13(18)8-11(9-14(15)22-3)16(21)20-17(2,10-19)12-5-6-12/h8-9,12H,4-7,10,19H2,1-3H3,(H,20,21). The number of nitrogens with two attached hydrogens (primary N) is 1. The summed E-state index contributed by atoms with van der Waals surface area (Å²) in [7, 11) is 1.53. The van der Waals surface area contributed by atoms with E-state index in [4.69, 9.17) is 26.8 Å². The Morgan fingerprint density at radius 2 is 2.17 bits per heavy atom. The Kier molecular flexibility index (Phi) is 5.76. The molecule has 0 saturated heterocycles.